The van der Waals surface area contributed by atoms with Gasteiger partial charge in [-0.2, -0.15) is 11.3 Å². The average Bonchev–Trinajstić information content (AvgIpc) is 2.65. The standard InChI is InChI=1S/C12H18OS/c1-9-7-14-8-11(9)12(13)10-5-3-2-4-6-10/h7-8,10,12-13H,2-6H2,1H3. The molecule has 0 aromatic carbocycles. The van der Waals surface area contributed by atoms with Crippen LogP contribution in [-0.4, -0.2) is 5.11 Å². The molecule has 2 heteroatoms. The van der Waals surface area contributed by atoms with E-state index in [1.807, 2.05) is 0 Å². The van der Waals surface area contributed by atoms with Crippen LogP contribution >= 0.6 is 11.3 Å². The Hall–Kier alpha value is -0.340. The first-order chi connectivity index (χ1) is 6.79. The smallest absolute Gasteiger partial charge is 0.0828 e. The van der Waals surface area contributed by atoms with E-state index < -0.39 is 0 Å². The van der Waals surface area contributed by atoms with Gasteiger partial charge in [0.2, 0.25) is 0 Å². The Labute approximate surface area is 89.8 Å². The van der Waals surface area contributed by atoms with Crippen molar-refractivity contribution >= 4 is 11.3 Å². The highest BCUT2D eigenvalue weighted by Crippen LogP contribution is 2.36. The van der Waals surface area contributed by atoms with Crippen molar-refractivity contribution in [1.29, 1.82) is 0 Å². The van der Waals surface area contributed by atoms with Crippen molar-refractivity contribution in [3.8, 4) is 0 Å². The molecule has 1 aromatic heterocycles. The Kier molecular flexibility index (Phi) is 3.24. The van der Waals surface area contributed by atoms with E-state index in [0.29, 0.717) is 5.92 Å². The van der Waals surface area contributed by atoms with Crippen molar-refractivity contribution < 1.29 is 5.11 Å². The number of aliphatic hydroxyl groups is 1. The first kappa shape index (κ1) is 10.2. The minimum absolute atomic E-state index is 0.207. The predicted molar refractivity (Wildman–Crippen MR) is 60.6 cm³/mol. The van der Waals surface area contributed by atoms with E-state index in [1.54, 1.807) is 11.3 Å². The summed E-state index contributed by atoms with van der Waals surface area (Å²) in [5.74, 6) is 0.511. The average molecular weight is 210 g/mol. The summed E-state index contributed by atoms with van der Waals surface area (Å²) in [6.45, 7) is 2.10. The maximum absolute atomic E-state index is 10.2. The highest BCUT2D eigenvalue weighted by molar-refractivity contribution is 7.08. The van der Waals surface area contributed by atoms with Gasteiger partial charge in [-0.1, -0.05) is 19.3 Å². The number of hydrogen-bond donors (Lipinski definition) is 1. The van der Waals surface area contributed by atoms with Gasteiger partial charge < -0.3 is 5.11 Å². The van der Waals surface area contributed by atoms with Crippen LogP contribution in [0.15, 0.2) is 10.8 Å². The van der Waals surface area contributed by atoms with Gasteiger partial charge in [-0.3, -0.25) is 0 Å². The third-order valence-corrected chi connectivity index (χ3v) is 4.19. The molecule has 78 valence electrons. The van der Waals surface area contributed by atoms with E-state index in [1.165, 1.54) is 43.2 Å². The normalized spacial score (nSPS) is 21.0. The SMILES string of the molecule is Cc1cscc1C(O)C1CCCCC1. The summed E-state index contributed by atoms with van der Waals surface area (Å²) in [7, 11) is 0. The van der Waals surface area contributed by atoms with E-state index in [4.69, 9.17) is 0 Å². The van der Waals surface area contributed by atoms with Gasteiger partial charge in [0.25, 0.3) is 0 Å². The second-order valence-corrected chi connectivity index (χ2v) is 5.10. The molecule has 1 saturated carbocycles. The van der Waals surface area contributed by atoms with Crippen LogP contribution in [0.1, 0.15) is 49.3 Å². The fraction of sp³-hybridized carbons (Fsp3) is 0.667. The van der Waals surface area contributed by atoms with Crippen molar-refractivity contribution in [3.05, 3.63) is 21.9 Å². The zero-order chi connectivity index (χ0) is 9.97. The molecule has 0 saturated heterocycles. The quantitative estimate of drug-likeness (QED) is 0.789. The molecule has 1 aliphatic rings. The largest absolute Gasteiger partial charge is 0.388 e. The second-order valence-electron chi connectivity index (χ2n) is 4.35. The van der Waals surface area contributed by atoms with E-state index in [0.717, 1.165) is 0 Å². The lowest BCUT2D eigenvalue weighted by molar-refractivity contribution is 0.0847. The van der Waals surface area contributed by atoms with Gasteiger partial charge in [0.05, 0.1) is 6.10 Å². The number of thiophene rings is 1. The molecule has 1 fully saturated rings. The first-order valence-electron chi connectivity index (χ1n) is 5.50. The van der Waals surface area contributed by atoms with Crippen LogP contribution < -0.4 is 0 Å². The topological polar surface area (TPSA) is 20.2 Å². The molecule has 2 rings (SSSR count). The van der Waals surface area contributed by atoms with Crippen molar-refractivity contribution in [2.75, 3.05) is 0 Å². The van der Waals surface area contributed by atoms with Crippen LogP contribution in [0.3, 0.4) is 0 Å². The Morgan fingerprint density at radius 2 is 2.00 bits per heavy atom. The van der Waals surface area contributed by atoms with Crippen molar-refractivity contribution in [2.24, 2.45) is 5.92 Å². The minimum atomic E-state index is -0.207. The van der Waals surface area contributed by atoms with Gasteiger partial charge >= 0.3 is 0 Å². The zero-order valence-corrected chi connectivity index (χ0v) is 9.52. The molecule has 1 aliphatic carbocycles. The number of rotatable bonds is 2. The Balaban J connectivity index is 2.07. The summed E-state index contributed by atoms with van der Waals surface area (Å²) in [5.41, 5.74) is 2.43. The molecule has 1 atom stereocenters. The van der Waals surface area contributed by atoms with Gasteiger partial charge in [-0.05, 0) is 47.6 Å². The molecule has 0 aliphatic heterocycles. The minimum Gasteiger partial charge on any atom is -0.388 e. The second kappa shape index (κ2) is 4.45. The lowest BCUT2D eigenvalue weighted by Gasteiger charge is -2.26. The molecular formula is C12H18OS. The maximum atomic E-state index is 10.2. The molecule has 14 heavy (non-hydrogen) atoms. The van der Waals surface area contributed by atoms with Crippen LogP contribution in [0, 0.1) is 12.8 Å². The van der Waals surface area contributed by atoms with Gasteiger partial charge in [-0.15, -0.1) is 0 Å². The van der Waals surface area contributed by atoms with Gasteiger partial charge in [-0.25, -0.2) is 0 Å². The van der Waals surface area contributed by atoms with E-state index in [2.05, 4.69) is 17.7 Å². The highest BCUT2D eigenvalue weighted by atomic mass is 32.1. The molecule has 0 spiro atoms. The van der Waals surface area contributed by atoms with E-state index >= 15 is 0 Å². The van der Waals surface area contributed by atoms with Gasteiger partial charge in [0.1, 0.15) is 0 Å². The van der Waals surface area contributed by atoms with Crippen LogP contribution in [0.4, 0.5) is 0 Å². The van der Waals surface area contributed by atoms with E-state index in [9.17, 15) is 5.11 Å². The van der Waals surface area contributed by atoms with Crippen LogP contribution in [0.2, 0.25) is 0 Å². The molecule has 1 nitrogen and oxygen atoms in total. The lowest BCUT2D eigenvalue weighted by atomic mass is 9.83. The van der Waals surface area contributed by atoms with Crippen molar-refractivity contribution in [1.82, 2.24) is 0 Å². The summed E-state index contributed by atoms with van der Waals surface area (Å²) in [4.78, 5) is 0. The van der Waals surface area contributed by atoms with Crippen LogP contribution in [0.25, 0.3) is 0 Å². The molecule has 1 aromatic rings. The summed E-state index contributed by atoms with van der Waals surface area (Å²) in [5, 5.41) is 14.5. The molecule has 0 radical (unpaired) electrons. The fourth-order valence-corrected chi connectivity index (χ4v) is 3.26. The first-order valence-corrected chi connectivity index (χ1v) is 6.44. The summed E-state index contributed by atoms with van der Waals surface area (Å²) < 4.78 is 0. The van der Waals surface area contributed by atoms with Crippen LogP contribution in [-0.2, 0) is 0 Å². The third kappa shape index (κ3) is 2.01. The molecule has 1 N–H and O–H groups in total. The Bertz CT molecular complexity index is 286. The lowest BCUT2D eigenvalue weighted by Crippen LogP contribution is -2.15. The number of aliphatic hydroxyl groups excluding tert-OH is 1. The van der Waals surface area contributed by atoms with E-state index in [-0.39, 0.29) is 6.10 Å². The Morgan fingerprint density at radius 1 is 1.29 bits per heavy atom. The molecular weight excluding hydrogens is 192 g/mol. The third-order valence-electron chi connectivity index (χ3n) is 3.31. The zero-order valence-electron chi connectivity index (χ0n) is 8.70. The van der Waals surface area contributed by atoms with Crippen molar-refractivity contribution in [3.63, 3.8) is 0 Å². The fourth-order valence-electron chi connectivity index (χ4n) is 2.38. The van der Waals surface area contributed by atoms with Crippen LogP contribution in [0.5, 0.6) is 0 Å². The Morgan fingerprint density at radius 3 is 2.57 bits per heavy atom. The highest BCUT2D eigenvalue weighted by Gasteiger charge is 2.24. The van der Waals surface area contributed by atoms with Gasteiger partial charge in [0, 0.05) is 0 Å². The summed E-state index contributed by atoms with van der Waals surface area (Å²) in [6, 6.07) is 0. The monoisotopic (exact) mass is 210 g/mol. The molecule has 0 bridgehead atoms. The predicted octanol–water partition coefficient (Wildman–Crippen LogP) is 3.67. The maximum Gasteiger partial charge on any atom is 0.0828 e. The number of aryl methyl sites for hydroxylation is 1. The summed E-state index contributed by atoms with van der Waals surface area (Å²) in [6.07, 6.45) is 6.15. The van der Waals surface area contributed by atoms with Crippen molar-refractivity contribution in [2.45, 2.75) is 45.1 Å². The molecule has 1 heterocycles. The number of hydrogen-bond acceptors (Lipinski definition) is 2. The van der Waals surface area contributed by atoms with Gasteiger partial charge in [0.15, 0.2) is 0 Å². The summed E-state index contributed by atoms with van der Waals surface area (Å²) >= 11 is 1.70. The molecule has 1 unspecified atom stereocenters. The molecule has 0 amide bonds.